The van der Waals surface area contributed by atoms with Crippen LogP contribution in [0.4, 0.5) is 11.1 Å². The third-order valence-electron chi connectivity index (χ3n) is 3.88. The van der Waals surface area contributed by atoms with E-state index in [0.29, 0.717) is 16.6 Å². The van der Waals surface area contributed by atoms with Gasteiger partial charge in [-0.2, -0.15) is 0 Å². The van der Waals surface area contributed by atoms with Crippen LogP contribution >= 0.6 is 11.3 Å². The second-order valence-corrected chi connectivity index (χ2v) is 6.58. The molecule has 0 atom stereocenters. The van der Waals surface area contributed by atoms with E-state index >= 15 is 0 Å². The second-order valence-electron chi connectivity index (χ2n) is 5.55. The van der Waals surface area contributed by atoms with E-state index in [1.54, 1.807) is 37.3 Å². The summed E-state index contributed by atoms with van der Waals surface area (Å²) in [6, 6.07) is 10.6. The summed E-state index contributed by atoms with van der Waals surface area (Å²) in [5.41, 5.74) is 3.15. The van der Waals surface area contributed by atoms with Gasteiger partial charge in [0.05, 0.1) is 21.3 Å². The smallest absolute Gasteiger partial charge is 0.209 e. The largest absolute Gasteiger partial charge is 0.508 e. The third kappa shape index (κ3) is 2.39. The fourth-order valence-corrected chi connectivity index (χ4v) is 3.49. The van der Waals surface area contributed by atoms with Crippen molar-refractivity contribution < 1.29 is 9.90 Å². The second kappa shape index (κ2) is 5.31. The molecule has 120 valence electrons. The number of phenolic OH excluding ortho intramolecular Hbond substituents is 1. The highest BCUT2D eigenvalue weighted by molar-refractivity contribution is 7.22. The molecule has 0 unspecified atom stereocenters. The van der Waals surface area contributed by atoms with Crippen LogP contribution in [0.15, 0.2) is 36.4 Å². The third-order valence-corrected chi connectivity index (χ3v) is 4.81. The number of hydrogen-bond donors (Lipinski definition) is 2. The van der Waals surface area contributed by atoms with Gasteiger partial charge >= 0.3 is 0 Å². The van der Waals surface area contributed by atoms with Gasteiger partial charge in [0.15, 0.2) is 10.9 Å². The summed E-state index contributed by atoms with van der Waals surface area (Å²) in [6.45, 7) is 1.54. The fraction of sp³-hybridized carbons (Fsp3) is 0.118. The van der Waals surface area contributed by atoms with Crippen molar-refractivity contribution in [2.75, 3.05) is 5.32 Å². The lowest BCUT2D eigenvalue weighted by atomic mass is 10.1. The highest BCUT2D eigenvalue weighted by atomic mass is 32.1. The predicted molar refractivity (Wildman–Crippen MR) is 95.3 cm³/mol. The number of aryl methyl sites for hydroxylation is 1. The van der Waals surface area contributed by atoms with Crippen molar-refractivity contribution in [1.82, 2.24) is 14.5 Å². The number of hydrogen-bond acceptors (Lipinski definition) is 6. The van der Waals surface area contributed by atoms with E-state index in [4.69, 9.17) is 0 Å². The molecule has 0 radical (unpaired) electrons. The molecule has 0 spiro atoms. The van der Waals surface area contributed by atoms with Crippen molar-refractivity contribution in [2.24, 2.45) is 7.05 Å². The highest BCUT2D eigenvalue weighted by Crippen LogP contribution is 2.31. The monoisotopic (exact) mass is 338 g/mol. The molecular weight excluding hydrogens is 324 g/mol. The van der Waals surface area contributed by atoms with Crippen molar-refractivity contribution >= 4 is 49.4 Å². The normalized spacial score (nSPS) is 11.2. The molecule has 4 rings (SSSR count). The van der Waals surface area contributed by atoms with Gasteiger partial charge in [-0.3, -0.25) is 4.79 Å². The van der Waals surface area contributed by atoms with E-state index in [1.807, 2.05) is 17.7 Å². The number of phenols is 1. The molecule has 6 nitrogen and oxygen atoms in total. The van der Waals surface area contributed by atoms with E-state index < -0.39 is 0 Å². The maximum Gasteiger partial charge on any atom is 0.209 e. The molecule has 0 fully saturated rings. The van der Waals surface area contributed by atoms with Gasteiger partial charge in [-0.05, 0) is 43.3 Å². The fourth-order valence-electron chi connectivity index (χ4n) is 2.59. The number of nitrogens with zero attached hydrogens (tertiary/aromatic N) is 3. The molecule has 2 N–H and O–H groups in total. The quantitative estimate of drug-likeness (QED) is 0.555. The number of carbonyl (C=O) groups excluding carboxylic acids is 1. The lowest BCUT2D eigenvalue weighted by Gasteiger charge is -2.02. The van der Waals surface area contributed by atoms with Crippen LogP contribution in [0.1, 0.15) is 17.3 Å². The number of rotatable bonds is 3. The van der Waals surface area contributed by atoms with Crippen molar-refractivity contribution in [3.05, 3.63) is 42.0 Å². The molecule has 0 bridgehead atoms. The lowest BCUT2D eigenvalue weighted by molar-refractivity contribution is 0.101. The number of fused-ring (bicyclic) bond motifs is 2. The Balaban J connectivity index is 1.75. The van der Waals surface area contributed by atoms with E-state index in [1.165, 1.54) is 11.3 Å². The number of Topliss-reactive ketones (excluding diaryl/α,β-unsaturated/α-hetero) is 1. The van der Waals surface area contributed by atoms with E-state index in [9.17, 15) is 9.90 Å². The number of benzene rings is 2. The van der Waals surface area contributed by atoms with Gasteiger partial charge in [-0.15, -0.1) is 0 Å². The first-order valence-electron chi connectivity index (χ1n) is 7.35. The lowest BCUT2D eigenvalue weighted by Crippen LogP contribution is -1.98. The summed E-state index contributed by atoms with van der Waals surface area (Å²) in [5.74, 6) is 0.884. The van der Waals surface area contributed by atoms with Gasteiger partial charge in [0.2, 0.25) is 5.95 Å². The van der Waals surface area contributed by atoms with E-state index in [2.05, 4.69) is 15.3 Å². The molecule has 4 aromatic rings. The number of ketones is 1. The number of carbonyl (C=O) groups is 1. The van der Waals surface area contributed by atoms with Gasteiger partial charge in [-0.25, -0.2) is 9.97 Å². The Hall–Kier alpha value is -2.93. The topological polar surface area (TPSA) is 80.0 Å². The zero-order valence-corrected chi connectivity index (χ0v) is 13.9. The van der Waals surface area contributed by atoms with Crippen LogP contribution in [0.25, 0.3) is 21.3 Å². The van der Waals surface area contributed by atoms with Gasteiger partial charge in [0, 0.05) is 12.6 Å². The van der Waals surface area contributed by atoms with E-state index in [0.717, 1.165) is 21.3 Å². The van der Waals surface area contributed by atoms with Crippen molar-refractivity contribution in [3.63, 3.8) is 0 Å². The number of thiazole rings is 1. The molecule has 0 aliphatic heterocycles. The van der Waals surface area contributed by atoms with Crippen LogP contribution < -0.4 is 5.32 Å². The van der Waals surface area contributed by atoms with Crippen LogP contribution in [0.2, 0.25) is 0 Å². The Morgan fingerprint density at radius 3 is 2.79 bits per heavy atom. The van der Waals surface area contributed by atoms with Gasteiger partial charge in [0.25, 0.3) is 0 Å². The highest BCUT2D eigenvalue weighted by Gasteiger charge is 2.12. The number of aromatic nitrogens is 3. The number of imidazole rings is 1. The van der Waals surface area contributed by atoms with Crippen LogP contribution in [-0.4, -0.2) is 25.4 Å². The van der Waals surface area contributed by atoms with Crippen molar-refractivity contribution in [1.29, 1.82) is 0 Å². The summed E-state index contributed by atoms with van der Waals surface area (Å²) in [6.07, 6.45) is 0. The Kier molecular flexibility index (Phi) is 3.24. The molecule has 7 heteroatoms. The molecule has 0 amide bonds. The molecule has 24 heavy (non-hydrogen) atoms. The van der Waals surface area contributed by atoms with Gasteiger partial charge < -0.3 is 15.0 Å². The van der Waals surface area contributed by atoms with Gasteiger partial charge in [-0.1, -0.05) is 11.3 Å². The summed E-state index contributed by atoms with van der Waals surface area (Å²) in [7, 11) is 1.91. The molecule has 2 aromatic heterocycles. The molecular formula is C17H14N4O2S. The molecule has 2 heterocycles. The Bertz CT molecular complexity index is 1100. The average Bonchev–Trinajstić information content (AvgIpc) is 3.08. The number of nitrogens with one attached hydrogen (secondary N) is 1. The summed E-state index contributed by atoms with van der Waals surface area (Å²) < 4.78 is 2.82. The van der Waals surface area contributed by atoms with Crippen LogP contribution in [0.3, 0.4) is 0 Å². The summed E-state index contributed by atoms with van der Waals surface area (Å²) in [4.78, 5) is 20.6. The zero-order valence-electron chi connectivity index (χ0n) is 13.1. The number of anilines is 2. The molecule has 0 aliphatic carbocycles. The van der Waals surface area contributed by atoms with E-state index in [-0.39, 0.29) is 11.5 Å². The molecule has 0 saturated heterocycles. The Morgan fingerprint density at radius 2 is 2.00 bits per heavy atom. The first-order valence-corrected chi connectivity index (χ1v) is 8.17. The maximum atomic E-state index is 11.5. The maximum absolute atomic E-state index is 11.5. The number of aromatic hydroxyl groups is 1. The van der Waals surface area contributed by atoms with Crippen molar-refractivity contribution in [2.45, 2.75) is 6.92 Å². The summed E-state index contributed by atoms with van der Waals surface area (Å²) in [5, 5.41) is 13.5. The minimum absolute atomic E-state index is 0.0167. The predicted octanol–water partition coefficient (Wildman–Crippen LogP) is 3.83. The SMILES string of the molecule is CC(=O)c1ccc2c(c1)nc(Nc1nc3ccc(O)cc3s1)n2C. The summed E-state index contributed by atoms with van der Waals surface area (Å²) >= 11 is 1.44. The molecule has 0 aliphatic rings. The Morgan fingerprint density at radius 1 is 1.17 bits per heavy atom. The van der Waals surface area contributed by atoms with Crippen LogP contribution in [0.5, 0.6) is 5.75 Å². The van der Waals surface area contributed by atoms with Crippen molar-refractivity contribution in [3.8, 4) is 5.75 Å². The minimum Gasteiger partial charge on any atom is -0.508 e. The first-order chi connectivity index (χ1) is 11.5. The zero-order chi connectivity index (χ0) is 16.8. The Labute approximate surface area is 141 Å². The first kappa shape index (κ1) is 14.6. The van der Waals surface area contributed by atoms with Crippen LogP contribution in [0, 0.1) is 0 Å². The minimum atomic E-state index is 0.0167. The average molecular weight is 338 g/mol. The van der Waals surface area contributed by atoms with Gasteiger partial charge in [0.1, 0.15) is 5.75 Å². The standard InChI is InChI=1S/C17H14N4O2S/c1-9(22)10-3-6-14-13(7-10)18-16(21(14)2)20-17-19-12-5-4-11(23)8-15(12)24-17/h3-8,23H,1-2H3,(H,18,19,20). The van der Waals surface area contributed by atoms with Crippen LogP contribution in [-0.2, 0) is 7.05 Å². The molecule has 0 saturated carbocycles. The molecule has 2 aromatic carbocycles.